The van der Waals surface area contributed by atoms with Crippen molar-refractivity contribution in [1.29, 1.82) is 0 Å². The summed E-state index contributed by atoms with van der Waals surface area (Å²) < 4.78 is 32.1. The molecule has 0 saturated carbocycles. The van der Waals surface area contributed by atoms with Crippen LogP contribution >= 0.6 is 34.4 Å². The quantitative estimate of drug-likeness (QED) is 0.182. The van der Waals surface area contributed by atoms with Gasteiger partial charge in [-0.25, -0.2) is 4.39 Å². The van der Waals surface area contributed by atoms with E-state index in [1.54, 1.807) is 22.7 Å². The lowest BCUT2D eigenvalue weighted by molar-refractivity contribution is 0.292. The molecule has 0 bridgehead atoms. The number of hydrogen-bond donors (Lipinski definition) is 0. The summed E-state index contributed by atoms with van der Waals surface area (Å²) in [5, 5.41) is 0. The lowest BCUT2D eigenvalue weighted by atomic mass is 9.95. The molecule has 0 fully saturated rings. The van der Waals surface area contributed by atoms with Gasteiger partial charge in [-0.05, 0) is 41.5 Å². The summed E-state index contributed by atoms with van der Waals surface area (Å²) in [5.74, 6) is -0.00835. The Morgan fingerprint density at radius 1 is 0.730 bits per heavy atom. The van der Waals surface area contributed by atoms with E-state index in [2.05, 4.69) is 75.4 Å². The molecule has 0 radical (unpaired) electrons. The first kappa shape index (κ1) is 28.2. The Hall–Kier alpha value is -1.83. The van der Waals surface area contributed by atoms with E-state index in [-0.39, 0.29) is 16.6 Å². The van der Waals surface area contributed by atoms with E-state index in [0.717, 1.165) is 45.4 Å². The van der Waals surface area contributed by atoms with Gasteiger partial charge in [0.2, 0.25) is 0 Å². The maximum absolute atomic E-state index is 16.6. The Labute approximate surface area is 233 Å². The fourth-order valence-corrected chi connectivity index (χ4v) is 7.12. The minimum Gasteiger partial charge on any atom is -0.490 e. The van der Waals surface area contributed by atoms with Gasteiger partial charge < -0.3 is 4.74 Å². The molecule has 0 aliphatic rings. The van der Waals surface area contributed by atoms with Crippen LogP contribution in [0, 0.1) is 5.82 Å². The Kier molecular flexibility index (Phi) is 8.76. The van der Waals surface area contributed by atoms with Gasteiger partial charge in [-0.15, -0.1) is 22.7 Å². The zero-order valence-electron chi connectivity index (χ0n) is 23.2. The number of unbranched alkanes of at least 4 members (excludes halogenated alkanes) is 5. The predicted octanol–water partition coefficient (Wildman–Crippen LogP) is 10.6. The van der Waals surface area contributed by atoms with E-state index >= 15 is 4.39 Å². The minimum atomic E-state index is -0.325. The summed E-state index contributed by atoms with van der Waals surface area (Å²) in [6.07, 6.45) is 6.94. The van der Waals surface area contributed by atoms with Crippen LogP contribution in [0.3, 0.4) is 0 Å². The molecule has 37 heavy (non-hydrogen) atoms. The van der Waals surface area contributed by atoms with Crippen molar-refractivity contribution in [3.8, 4) is 26.6 Å². The van der Waals surface area contributed by atoms with E-state index < -0.39 is 0 Å². The fourth-order valence-electron chi connectivity index (χ4n) is 4.35. The molecule has 0 unspecified atom stereocenters. The van der Waals surface area contributed by atoms with Crippen LogP contribution in [0.25, 0.3) is 31.9 Å². The van der Waals surface area contributed by atoms with Gasteiger partial charge in [0.25, 0.3) is 0 Å². The van der Waals surface area contributed by atoms with E-state index in [4.69, 9.17) is 4.74 Å². The molecule has 0 amide bonds. The minimum absolute atomic E-state index is 0.00376. The van der Waals surface area contributed by atoms with Crippen molar-refractivity contribution in [3.63, 3.8) is 0 Å². The van der Waals surface area contributed by atoms with Crippen molar-refractivity contribution >= 4 is 45.4 Å². The second-order valence-electron chi connectivity index (χ2n) is 11.8. The molecular formula is C30H39FN2OS3. The standard InChI is InChI=1S/C30H39FN2OS3/c1-8-9-10-11-12-13-18-34-28-24(20-15-17-22(36-20)30(5,6)7)27-26(32-37-33-27)23(25(28)31)19-14-16-21(35-19)29(2,3)4/h14-17H,8-13,18H2,1-7H3. The molecule has 0 atom stereocenters. The number of benzene rings is 1. The average molecular weight is 559 g/mol. The molecule has 7 heteroatoms. The molecular weight excluding hydrogens is 520 g/mol. The number of thiophene rings is 2. The first-order chi connectivity index (χ1) is 17.5. The van der Waals surface area contributed by atoms with Gasteiger partial charge in [-0.3, -0.25) is 0 Å². The van der Waals surface area contributed by atoms with Crippen molar-refractivity contribution in [2.45, 2.75) is 97.8 Å². The molecule has 4 aromatic rings. The van der Waals surface area contributed by atoms with Crippen LogP contribution < -0.4 is 4.74 Å². The number of halogens is 1. The number of fused-ring (bicyclic) bond motifs is 1. The highest BCUT2D eigenvalue weighted by molar-refractivity contribution is 7.16. The van der Waals surface area contributed by atoms with Gasteiger partial charge in [-0.2, -0.15) is 8.75 Å². The van der Waals surface area contributed by atoms with Crippen LogP contribution in [0.4, 0.5) is 4.39 Å². The summed E-state index contributed by atoms with van der Waals surface area (Å²) in [4.78, 5) is 4.31. The highest BCUT2D eigenvalue weighted by Crippen LogP contribution is 2.49. The van der Waals surface area contributed by atoms with Crippen LogP contribution in [-0.2, 0) is 10.8 Å². The van der Waals surface area contributed by atoms with Crippen molar-refractivity contribution in [2.75, 3.05) is 6.61 Å². The Balaban J connectivity index is 1.80. The smallest absolute Gasteiger partial charge is 0.176 e. The number of hydrogen-bond acceptors (Lipinski definition) is 6. The molecule has 4 rings (SSSR count). The molecule has 0 spiro atoms. The molecule has 0 N–H and O–H groups in total. The van der Waals surface area contributed by atoms with Crippen LogP contribution in [0.5, 0.6) is 5.75 Å². The second-order valence-corrected chi connectivity index (χ2v) is 14.5. The summed E-state index contributed by atoms with van der Waals surface area (Å²) in [6.45, 7) is 15.9. The molecule has 3 heterocycles. The third-order valence-electron chi connectivity index (χ3n) is 6.54. The van der Waals surface area contributed by atoms with Crippen molar-refractivity contribution < 1.29 is 9.13 Å². The maximum atomic E-state index is 16.6. The SMILES string of the molecule is CCCCCCCCOc1c(F)c(-c2ccc(C(C)(C)C)s2)c2nsnc2c1-c1ccc(C(C)(C)C)s1. The Morgan fingerprint density at radius 2 is 1.24 bits per heavy atom. The first-order valence-corrected chi connectivity index (χ1v) is 15.7. The van der Waals surface area contributed by atoms with Gasteiger partial charge >= 0.3 is 0 Å². The number of nitrogens with zero attached hydrogens (tertiary/aromatic N) is 2. The van der Waals surface area contributed by atoms with E-state index in [0.29, 0.717) is 23.4 Å². The molecule has 200 valence electrons. The van der Waals surface area contributed by atoms with Gasteiger partial charge in [-0.1, -0.05) is 80.6 Å². The number of rotatable bonds is 10. The monoisotopic (exact) mass is 558 g/mol. The van der Waals surface area contributed by atoms with Crippen molar-refractivity contribution in [2.24, 2.45) is 0 Å². The van der Waals surface area contributed by atoms with E-state index in [9.17, 15) is 0 Å². The average Bonchev–Trinajstić information content (AvgIpc) is 3.58. The first-order valence-electron chi connectivity index (χ1n) is 13.3. The Morgan fingerprint density at radius 3 is 1.78 bits per heavy atom. The summed E-state index contributed by atoms with van der Waals surface area (Å²) in [5.41, 5.74) is 2.61. The summed E-state index contributed by atoms with van der Waals surface area (Å²) in [7, 11) is 0. The normalized spacial score (nSPS) is 12.5. The molecule has 0 aliphatic heterocycles. The predicted molar refractivity (Wildman–Crippen MR) is 160 cm³/mol. The van der Waals surface area contributed by atoms with Crippen molar-refractivity contribution in [3.05, 3.63) is 39.8 Å². The maximum Gasteiger partial charge on any atom is 0.176 e. The van der Waals surface area contributed by atoms with Gasteiger partial charge in [0.05, 0.1) is 29.5 Å². The molecule has 3 aromatic heterocycles. The largest absolute Gasteiger partial charge is 0.490 e. The van der Waals surface area contributed by atoms with Crippen molar-refractivity contribution in [1.82, 2.24) is 8.75 Å². The summed E-state index contributed by atoms with van der Waals surface area (Å²) >= 11 is 4.45. The molecule has 0 aliphatic carbocycles. The van der Waals surface area contributed by atoms with Gasteiger partial charge in [0.15, 0.2) is 11.6 Å². The number of aromatic nitrogens is 2. The van der Waals surface area contributed by atoms with E-state index in [1.165, 1.54) is 35.4 Å². The fraction of sp³-hybridized carbons (Fsp3) is 0.533. The van der Waals surface area contributed by atoms with Crippen LogP contribution in [-0.4, -0.2) is 15.4 Å². The van der Waals surface area contributed by atoms with Gasteiger partial charge in [0, 0.05) is 19.5 Å². The zero-order valence-corrected chi connectivity index (χ0v) is 25.6. The van der Waals surface area contributed by atoms with E-state index in [1.807, 2.05) is 6.07 Å². The second kappa shape index (κ2) is 11.5. The topological polar surface area (TPSA) is 35.0 Å². The summed E-state index contributed by atoms with van der Waals surface area (Å²) in [6, 6.07) is 8.34. The highest BCUT2D eigenvalue weighted by Gasteiger charge is 2.29. The number of ether oxygens (including phenoxy) is 1. The third kappa shape index (κ3) is 6.26. The molecule has 1 aromatic carbocycles. The van der Waals surface area contributed by atoms with Crippen LogP contribution in [0.15, 0.2) is 24.3 Å². The molecule has 0 saturated heterocycles. The van der Waals surface area contributed by atoms with Crippen LogP contribution in [0.2, 0.25) is 0 Å². The van der Waals surface area contributed by atoms with Gasteiger partial charge in [0.1, 0.15) is 11.0 Å². The van der Waals surface area contributed by atoms with Crippen LogP contribution in [0.1, 0.15) is 96.7 Å². The highest BCUT2D eigenvalue weighted by atomic mass is 32.1. The Bertz CT molecular complexity index is 1340. The third-order valence-corrected chi connectivity index (χ3v) is 10.1. The lowest BCUT2D eigenvalue weighted by Gasteiger charge is -2.17. The zero-order chi connectivity index (χ0) is 26.8. The molecule has 3 nitrogen and oxygen atoms in total. The lowest BCUT2D eigenvalue weighted by Crippen LogP contribution is -2.07.